The van der Waals surface area contributed by atoms with E-state index in [1.807, 2.05) is 0 Å². The molecule has 1 aliphatic rings. The first-order chi connectivity index (χ1) is 17.3. The molecule has 0 radical (unpaired) electrons. The Morgan fingerprint density at radius 2 is 1.14 bits per heavy atom. The fourth-order valence-electron chi connectivity index (χ4n) is 5.91. The maximum Gasteiger partial charge on any atom is 0.0702 e. The van der Waals surface area contributed by atoms with E-state index >= 15 is 0 Å². The lowest BCUT2D eigenvalue weighted by molar-refractivity contribution is 0.248. The van der Waals surface area contributed by atoms with Crippen LogP contribution in [0.25, 0.3) is 11.3 Å². The third-order valence-corrected chi connectivity index (χ3v) is 8.42. The Hall–Kier alpha value is -1.63. The number of hydrogen-bond donors (Lipinski definition) is 0. The highest BCUT2D eigenvalue weighted by atomic mass is 14.7. The minimum absolute atomic E-state index is 0.935. The van der Waals surface area contributed by atoms with Crippen LogP contribution in [0.5, 0.6) is 0 Å². The Balaban J connectivity index is 1.31. The van der Waals surface area contributed by atoms with E-state index in [1.54, 1.807) is 0 Å². The molecular formula is C34H53N. The van der Waals surface area contributed by atoms with Crippen molar-refractivity contribution in [3.8, 4) is 11.3 Å². The van der Waals surface area contributed by atoms with E-state index in [4.69, 9.17) is 4.98 Å². The number of nitrogens with zero attached hydrogens (tertiary/aromatic N) is 1. The Morgan fingerprint density at radius 3 is 1.77 bits per heavy atom. The van der Waals surface area contributed by atoms with Crippen molar-refractivity contribution < 1.29 is 0 Å². The highest BCUT2D eigenvalue weighted by Crippen LogP contribution is 2.34. The molecular weight excluding hydrogens is 422 g/mol. The first-order valence-electron chi connectivity index (χ1n) is 15.3. The number of rotatable bonds is 17. The SMILES string of the molecule is CCCCCCCCC1CCC(CCc2ccc(-c3ccc(CCCCCCC)cc3)nc2)CC1. The van der Waals surface area contributed by atoms with Crippen LogP contribution in [0.4, 0.5) is 0 Å². The number of benzene rings is 1. The summed E-state index contributed by atoms with van der Waals surface area (Å²) in [6.45, 7) is 4.59. The van der Waals surface area contributed by atoms with Crippen molar-refractivity contribution in [2.24, 2.45) is 11.8 Å². The van der Waals surface area contributed by atoms with Crippen molar-refractivity contribution in [1.29, 1.82) is 0 Å². The number of aromatic nitrogens is 1. The molecule has 1 fully saturated rings. The predicted molar refractivity (Wildman–Crippen MR) is 154 cm³/mol. The molecule has 2 aromatic rings. The zero-order chi connectivity index (χ0) is 24.6. The normalized spacial score (nSPS) is 18.1. The summed E-state index contributed by atoms with van der Waals surface area (Å²) in [6.07, 6.45) is 28.6. The summed E-state index contributed by atoms with van der Waals surface area (Å²) >= 11 is 0. The van der Waals surface area contributed by atoms with Crippen molar-refractivity contribution >= 4 is 0 Å². The summed E-state index contributed by atoms with van der Waals surface area (Å²) in [6, 6.07) is 13.7. The van der Waals surface area contributed by atoms with Gasteiger partial charge in [-0.15, -0.1) is 0 Å². The van der Waals surface area contributed by atoms with Crippen molar-refractivity contribution in [2.75, 3.05) is 0 Å². The van der Waals surface area contributed by atoms with Crippen molar-refractivity contribution in [2.45, 2.75) is 136 Å². The third-order valence-electron chi connectivity index (χ3n) is 8.42. The van der Waals surface area contributed by atoms with Gasteiger partial charge in [0.05, 0.1) is 5.69 Å². The molecule has 1 heterocycles. The third kappa shape index (κ3) is 10.9. The molecule has 1 nitrogen and oxygen atoms in total. The molecule has 194 valence electrons. The second kappa shape index (κ2) is 16.9. The Labute approximate surface area is 217 Å². The van der Waals surface area contributed by atoms with Gasteiger partial charge in [-0.05, 0) is 54.7 Å². The van der Waals surface area contributed by atoms with E-state index in [0.29, 0.717) is 0 Å². The number of aryl methyl sites for hydroxylation is 2. The number of unbranched alkanes of at least 4 members (excludes halogenated alkanes) is 9. The van der Waals surface area contributed by atoms with E-state index in [1.165, 1.54) is 139 Å². The van der Waals surface area contributed by atoms with E-state index in [0.717, 1.165) is 17.5 Å². The molecule has 1 aromatic carbocycles. The van der Waals surface area contributed by atoms with Gasteiger partial charge in [-0.3, -0.25) is 4.98 Å². The van der Waals surface area contributed by atoms with E-state index in [9.17, 15) is 0 Å². The lowest BCUT2D eigenvalue weighted by Gasteiger charge is -2.28. The van der Waals surface area contributed by atoms with Crippen LogP contribution in [0.3, 0.4) is 0 Å². The molecule has 1 heteroatoms. The quantitative estimate of drug-likeness (QED) is 0.207. The van der Waals surface area contributed by atoms with Gasteiger partial charge in [-0.25, -0.2) is 0 Å². The Morgan fingerprint density at radius 1 is 0.571 bits per heavy atom. The largest absolute Gasteiger partial charge is 0.256 e. The van der Waals surface area contributed by atoms with Gasteiger partial charge in [-0.2, -0.15) is 0 Å². The average Bonchev–Trinajstić information content (AvgIpc) is 2.91. The lowest BCUT2D eigenvalue weighted by atomic mass is 9.78. The van der Waals surface area contributed by atoms with Crippen LogP contribution in [-0.2, 0) is 12.8 Å². The first-order valence-corrected chi connectivity index (χ1v) is 15.3. The van der Waals surface area contributed by atoms with Gasteiger partial charge in [0.25, 0.3) is 0 Å². The smallest absolute Gasteiger partial charge is 0.0702 e. The summed E-state index contributed by atoms with van der Waals surface area (Å²) in [5.74, 6) is 1.95. The van der Waals surface area contributed by atoms with Crippen LogP contribution < -0.4 is 0 Å². The summed E-state index contributed by atoms with van der Waals surface area (Å²) in [5, 5.41) is 0. The second-order valence-electron chi connectivity index (χ2n) is 11.4. The van der Waals surface area contributed by atoms with Crippen molar-refractivity contribution in [3.05, 3.63) is 53.7 Å². The maximum atomic E-state index is 4.81. The minimum atomic E-state index is 0.935. The van der Waals surface area contributed by atoms with Gasteiger partial charge >= 0.3 is 0 Å². The highest BCUT2D eigenvalue weighted by Gasteiger charge is 2.20. The van der Waals surface area contributed by atoms with Crippen LogP contribution >= 0.6 is 0 Å². The van der Waals surface area contributed by atoms with Crippen molar-refractivity contribution in [3.63, 3.8) is 0 Å². The van der Waals surface area contributed by atoms with E-state index < -0.39 is 0 Å². The molecule has 0 aliphatic heterocycles. The Bertz CT molecular complexity index is 767. The van der Waals surface area contributed by atoms with E-state index in [2.05, 4.69) is 56.4 Å². The molecule has 0 spiro atoms. The fourth-order valence-corrected chi connectivity index (χ4v) is 5.91. The molecule has 0 unspecified atom stereocenters. The molecule has 1 aliphatic carbocycles. The molecule has 3 rings (SSSR count). The fraction of sp³-hybridized carbons (Fsp3) is 0.676. The van der Waals surface area contributed by atoms with Gasteiger partial charge in [0.15, 0.2) is 0 Å². The molecule has 0 atom stereocenters. The number of pyridine rings is 1. The van der Waals surface area contributed by atoms with Crippen LogP contribution in [0.1, 0.15) is 134 Å². The van der Waals surface area contributed by atoms with Crippen LogP contribution in [-0.4, -0.2) is 4.98 Å². The lowest BCUT2D eigenvalue weighted by Crippen LogP contribution is -2.15. The zero-order valence-electron chi connectivity index (χ0n) is 23.1. The maximum absolute atomic E-state index is 4.81. The van der Waals surface area contributed by atoms with Crippen LogP contribution in [0, 0.1) is 11.8 Å². The highest BCUT2D eigenvalue weighted by molar-refractivity contribution is 5.59. The first kappa shape index (κ1) is 27.9. The van der Waals surface area contributed by atoms with Crippen molar-refractivity contribution in [1.82, 2.24) is 4.98 Å². The minimum Gasteiger partial charge on any atom is -0.256 e. The van der Waals surface area contributed by atoms with Gasteiger partial charge in [0.2, 0.25) is 0 Å². The predicted octanol–water partition coefficient (Wildman–Crippen LogP) is 10.8. The topological polar surface area (TPSA) is 12.9 Å². The second-order valence-corrected chi connectivity index (χ2v) is 11.4. The zero-order valence-corrected chi connectivity index (χ0v) is 23.1. The monoisotopic (exact) mass is 475 g/mol. The van der Waals surface area contributed by atoms with E-state index in [-0.39, 0.29) is 0 Å². The summed E-state index contributed by atoms with van der Waals surface area (Å²) in [5.41, 5.74) is 5.23. The molecule has 0 saturated heterocycles. The van der Waals surface area contributed by atoms with Gasteiger partial charge in [0, 0.05) is 11.8 Å². The van der Waals surface area contributed by atoms with Gasteiger partial charge in [0.1, 0.15) is 0 Å². The van der Waals surface area contributed by atoms with Gasteiger partial charge in [-0.1, -0.05) is 140 Å². The molecule has 1 saturated carbocycles. The van der Waals surface area contributed by atoms with Gasteiger partial charge < -0.3 is 0 Å². The van der Waals surface area contributed by atoms with Crippen LogP contribution in [0.2, 0.25) is 0 Å². The summed E-state index contributed by atoms with van der Waals surface area (Å²) in [4.78, 5) is 4.81. The number of hydrogen-bond acceptors (Lipinski definition) is 1. The summed E-state index contributed by atoms with van der Waals surface area (Å²) in [7, 11) is 0. The van der Waals surface area contributed by atoms with Crippen LogP contribution in [0.15, 0.2) is 42.6 Å². The average molecular weight is 476 g/mol. The Kier molecular flexibility index (Phi) is 13.5. The molecule has 0 amide bonds. The molecule has 0 N–H and O–H groups in total. The standard InChI is InChI=1S/C34H53N/c1-3-5-7-9-11-13-14-29-16-18-31(19-17-29)20-21-32-24-27-34(35-28-32)33-25-22-30(23-26-33)15-12-10-8-6-4-2/h22-29,31H,3-21H2,1-2H3. The molecule has 35 heavy (non-hydrogen) atoms. The molecule has 0 bridgehead atoms. The molecule has 1 aromatic heterocycles. The summed E-state index contributed by atoms with van der Waals surface area (Å²) < 4.78 is 0.